The lowest BCUT2D eigenvalue weighted by Gasteiger charge is -2.28. The lowest BCUT2D eigenvalue weighted by Crippen LogP contribution is -2.43. The van der Waals surface area contributed by atoms with Gasteiger partial charge in [0.15, 0.2) is 0 Å². The van der Waals surface area contributed by atoms with E-state index in [1.54, 1.807) is 19.1 Å². The number of hydrogen-bond acceptors (Lipinski definition) is 3. The molecule has 2 rings (SSSR count). The van der Waals surface area contributed by atoms with Crippen LogP contribution in [0.3, 0.4) is 0 Å². The number of nitrogens with zero attached hydrogens (tertiary/aromatic N) is 1. The summed E-state index contributed by atoms with van der Waals surface area (Å²) < 4.78 is 5.47. The molecule has 5 nitrogen and oxygen atoms in total. The monoisotopic (exact) mass is 348 g/mol. The van der Waals surface area contributed by atoms with Gasteiger partial charge >= 0.3 is 6.03 Å². The van der Waals surface area contributed by atoms with E-state index in [1.807, 2.05) is 24.3 Å². The number of carbonyl (C=O) groups is 1. The molecule has 2 N–H and O–H groups in total. The molecule has 1 aromatic carbocycles. The summed E-state index contributed by atoms with van der Waals surface area (Å²) in [5, 5.41) is 13.1. The van der Waals surface area contributed by atoms with E-state index in [0.717, 1.165) is 37.0 Å². The summed E-state index contributed by atoms with van der Waals surface area (Å²) in [5.74, 6) is 1.42. The van der Waals surface area contributed by atoms with Gasteiger partial charge in [-0.3, -0.25) is 0 Å². The number of ether oxygens (including phenoxy) is 1. The Morgan fingerprint density at radius 2 is 2.08 bits per heavy atom. The van der Waals surface area contributed by atoms with Crippen molar-refractivity contribution in [2.75, 3.05) is 20.7 Å². The van der Waals surface area contributed by atoms with Crippen molar-refractivity contribution < 1.29 is 14.6 Å². The summed E-state index contributed by atoms with van der Waals surface area (Å²) >= 11 is 0. The number of benzene rings is 1. The quantitative estimate of drug-likeness (QED) is 0.792. The summed E-state index contributed by atoms with van der Waals surface area (Å²) in [7, 11) is 3.45. The van der Waals surface area contributed by atoms with E-state index in [1.165, 1.54) is 0 Å². The molecule has 1 aliphatic rings. The molecule has 0 bridgehead atoms. The zero-order valence-electron chi connectivity index (χ0n) is 15.9. The van der Waals surface area contributed by atoms with Gasteiger partial charge in [0.2, 0.25) is 0 Å². The Morgan fingerprint density at radius 1 is 1.36 bits per heavy atom. The molecule has 0 radical (unpaired) electrons. The van der Waals surface area contributed by atoms with Crippen molar-refractivity contribution >= 4 is 6.03 Å². The minimum absolute atomic E-state index is 0.0976. The van der Waals surface area contributed by atoms with Gasteiger partial charge in [-0.25, -0.2) is 4.79 Å². The standard InChI is InChI=1S/C20H32N2O3/c1-14(2)12-17(16-9-5-6-11-19(16)25-4)21-20(24)22(3)13-15-8-7-10-18(15)23/h5-6,9,11,14-15,17-18,23H,7-8,10,12-13H2,1-4H3,(H,21,24). The number of para-hydroxylation sites is 1. The first kappa shape index (κ1) is 19.6. The van der Waals surface area contributed by atoms with Crippen LogP contribution >= 0.6 is 0 Å². The number of carbonyl (C=O) groups excluding carboxylic acids is 1. The Balaban J connectivity index is 2.06. The molecular formula is C20H32N2O3. The molecule has 3 unspecified atom stereocenters. The van der Waals surface area contributed by atoms with E-state index >= 15 is 0 Å². The molecule has 3 atom stereocenters. The van der Waals surface area contributed by atoms with Gasteiger partial charge in [-0.1, -0.05) is 38.5 Å². The van der Waals surface area contributed by atoms with Gasteiger partial charge < -0.3 is 20.1 Å². The van der Waals surface area contributed by atoms with Gasteiger partial charge in [-0.05, 0) is 31.2 Å². The Labute approximate surface area is 151 Å². The van der Waals surface area contributed by atoms with Crippen LogP contribution in [0.4, 0.5) is 4.79 Å². The second-order valence-electron chi connectivity index (χ2n) is 7.51. The highest BCUT2D eigenvalue weighted by Crippen LogP contribution is 2.30. The largest absolute Gasteiger partial charge is 0.496 e. The predicted molar refractivity (Wildman–Crippen MR) is 99.7 cm³/mol. The number of hydrogen-bond donors (Lipinski definition) is 2. The summed E-state index contributed by atoms with van der Waals surface area (Å²) in [6.07, 6.45) is 3.43. The zero-order valence-corrected chi connectivity index (χ0v) is 15.9. The highest BCUT2D eigenvalue weighted by molar-refractivity contribution is 5.74. The van der Waals surface area contributed by atoms with Crippen LogP contribution in [-0.4, -0.2) is 42.8 Å². The molecule has 0 aliphatic heterocycles. The van der Waals surface area contributed by atoms with Crippen LogP contribution in [0.2, 0.25) is 0 Å². The fourth-order valence-electron chi connectivity index (χ4n) is 3.61. The van der Waals surface area contributed by atoms with E-state index in [2.05, 4.69) is 19.2 Å². The molecule has 5 heteroatoms. The summed E-state index contributed by atoms with van der Waals surface area (Å²) in [5.41, 5.74) is 1.00. The maximum atomic E-state index is 12.7. The van der Waals surface area contributed by atoms with E-state index < -0.39 is 0 Å². The lowest BCUT2D eigenvalue weighted by molar-refractivity contribution is 0.113. The minimum atomic E-state index is -0.282. The number of nitrogens with one attached hydrogen (secondary N) is 1. The Bertz CT molecular complexity index is 562. The normalized spacial score (nSPS) is 21.2. The van der Waals surface area contributed by atoms with Crippen molar-refractivity contribution in [2.24, 2.45) is 11.8 Å². The molecule has 0 spiro atoms. The third-order valence-corrected chi connectivity index (χ3v) is 4.99. The fourth-order valence-corrected chi connectivity index (χ4v) is 3.61. The molecule has 1 saturated carbocycles. The average Bonchev–Trinajstić information content (AvgIpc) is 2.98. The molecule has 1 aliphatic carbocycles. The van der Waals surface area contributed by atoms with E-state index in [0.29, 0.717) is 12.5 Å². The molecule has 1 fully saturated rings. The number of methoxy groups -OCH3 is 1. The number of amides is 2. The molecular weight excluding hydrogens is 316 g/mol. The molecule has 2 amide bonds. The van der Waals surface area contributed by atoms with Crippen LogP contribution in [-0.2, 0) is 0 Å². The Hall–Kier alpha value is -1.75. The zero-order chi connectivity index (χ0) is 18.4. The molecule has 140 valence electrons. The molecule has 0 heterocycles. The van der Waals surface area contributed by atoms with Crippen molar-refractivity contribution in [2.45, 2.75) is 51.7 Å². The van der Waals surface area contributed by atoms with Gasteiger partial charge in [0, 0.05) is 25.1 Å². The highest BCUT2D eigenvalue weighted by Gasteiger charge is 2.28. The summed E-state index contributed by atoms with van der Waals surface area (Å²) in [4.78, 5) is 14.4. The number of aliphatic hydroxyl groups excluding tert-OH is 1. The number of rotatable bonds is 7. The number of aliphatic hydroxyl groups is 1. The average molecular weight is 348 g/mol. The van der Waals surface area contributed by atoms with Crippen molar-refractivity contribution in [1.82, 2.24) is 10.2 Å². The highest BCUT2D eigenvalue weighted by atomic mass is 16.5. The molecule has 1 aromatic rings. The van der Waals surface area contributed by atoms with Crippen LogP contribution in [0, 0.1) is 11.8 Å². The molecule has 0 saturated heterocycles. The first-order valence-corrected chi connectivity index (χ1v) is 9.25. The Kier molecular flexibility index (Phi) is 7.12. The maximum absolute atomic E-state index is 12.7. The second-order valence-corrected chi connectivity index (χ2v) is 7.51. The van der Waals surface area contributed by atoms with Crippen LogP contribution in [0.5, 0.6) is 5.75 Å². The van der Waals surface area contributed by atoms with Crippen molar-refractivity contribution in [3.63, 3.8) is 0 Å². The van der Waals surface area contributed by atoms with Gasteiger partial charge in [0.1, 0.15) is 5.75 Å². The maximum Gasteiger partial charge on any atom is 0.317 e. The summed E-state index contributed by atoms with van der Waals surface area (Å²) in [6.45, 7) is 4.88. The number of urea groups is 1. The summed E-state index contributed by atoms with van der Waals surface area (Å²) in [6, 6.07) is 7.63. The van der Waals surface area contributed by atoms with E-state index in [9.17, 15) is 9.90 Å². The molecule has 25 heavy (non-hydrogen) atoms. The van der Waals surface area contributed by atoms with E-state index in [-0.39, 0.29) is 24.1 Å². The lowest BCUT2D eigenvalue weighted by atomic mass is 9.96. The first-order valence-electron chi connectivity index (χ1n) is 9.25. The van der Waals surface area contributed by atoms with Crippen LogP contribution in [0.1, 0.15) is 51.1 Å². The topological polar surface area (TPSA) is 61.8 Å². The minimum Gasteiger partial charge on any atom is -0.496 e. The van der Waals surface area contributed by atoms with Crippen molar-refractivity contribution in [1.29, 1.82) is 0 Å². The van der Waals surface area contributed by atoms with Gasteiger partial charge in [0.05, 0.1) is 19.3 Å². The molecule has 0 aromatic heterocycles. The third kappa shape index (κ3) is 5.36. The van der Waals surface area contributed by atoms with Crippen LogP contribution in [0.25, 0.3) is 0 Å². The van der Waals surface area contributed by atoms with Crippen LogP contribution < -0.4 is 10.1 Å². The smallest absolute Gasteiger partial charge is 0.317 e. The SMILES string of the molecule is COc1ccccc1C(CC(C)C)NC(=O)N(C)CC1CCCC1O. The second kappa shape index (κ2) is 9.09. The Morgan fingerprint density at radius 3 is 2.68 bits per heavy atom. The van der Waals surface area contributed by atoms with Gasteiger partial charge in [0.25, 0.3) is 0 Å². The third-order valence-electron chi connectivity index (χ3n) is 4.99. The van der Waals surface area contributed by atoms with Crippen molar-refractivity contribution in [3.8, 4) is 5.75 Å². The first-order chi connectivity index (χ1) is 11.9. The fraction of sp³-hybridized carbons (Fsp3) is 0.650. The van der Waals surface area contributed by atoms with Gasteiger partial charge in [-0.2, -0.15) is 0 Å². The van der Waals surface area contributed by atoms with Gasteiger partial charge in [-0.15, -0.1) is 0 Å². The van der Waals surface area contributed by atoms with E-state index in [4.69, 9.17) is 4.74 Å². The van der Waals surface area contributed by atoms with Crippen molar-refractivity contribution in [3.05, 3.63) is 29.8 Å². The predicted octanol–water partition coefficient (Wildman–Crippen LogP) is 3.58. The van der Waals surface area contributed by atoms with Crippen LogP contribution in [0.15, 0.2) is 24.3 Å².